The third-order valence-corrected chi connectivity index (χ3v) is 6.22. The first-order valence-electron chi connectivity index (χ1n) is 11.2. The molecule has 0 saturated heterocycles. The predicted molar refractivity (Wildman–Crippen MR) is 126 cm³/mol. The summed E-state index contributed by atoms with van der Waals surface area (Å²) < 4.78 is 21.8. The van der Waals surface area contributed by atoms with Crippen molar-refractivity contribution in [2.24, 2.45) is 0 Å². The molecule has 5 rings (SSSR count). The highest BCUT2D eigenvalue weighted by Gasteiger charge is 2.28. The Kier molecular flexibility index (Phi) is 5.58. The van der Waals surface area contributed by atoms with Crippen molar-refractivity contribution in [3.63, 3.8) is 0 Å². The van der Waals surface area contributed by atoms with E-state index in [1.54, 1.807) is 18.3 Å². The number of amides is 1. The standard InChI is InChI=1S/C27H26FN3O2/c1-17-18(2)31(15-19-6-4-3-5-7-19)25-24(17)29-14-23(27(32)30-22-12-13-22)26(25)33-16-20-8-10-21(28)11-9-20/h3-11,14,22H,12-13,15-16H2,1-2H3,(H,30,32). The molecule has 0 radical (unpaired) electrons. The van der Waals surface area contributed by atoms with E-state index in [1.165, 1.54) is 12.1 Å². The van der Waals surface area contributed by atoms with Gasteiger partial charge in [-0.2, -0.15) is 0 Å². The second-order valence-corrected chi connectivity index (χ2v) is 8.64. The molecule has 33 heavy (non-hydrogen) atoms. The Morgan fingerprint density at radius 1 is 1.09 bits per heavy atom. The van der Waals surface area contributed by atoms with Gasteiger partial charge in [0.05, 0.1) is 5.52 Å². The first-order valence-corrected chi connectivity index (χ1v) is 11.2. The van der Waals surface area contributed by atoms with Gasteiger partial charge in [0.25, 0.3) is 5.91 Å². The van der Waals surface area contributed by atoms with Gasteiger partial charge in [-0.1, -0.05) is 42.5 Å². The number of rotatable bonds is 7. The van der Waals surface area contributed by atoms with Crippen molar-refractivity contribution in [1.29, 1.82) is 0 Å². The molecule has 1 amide bonds. The number of carbonyl (C=O) groups excluding carboxylic acids is 1. The third-order valence-electron chi connectivity index (χ3n) is 6.22. The number of hydrogen-bond acceptors (Lipinski definition) is 3. The minimum Gasteiger partial charge on any atom is -0.486 e. The average Bonchev–Trinajstić information content (AvgIpc) is 3.61. The highest BCUT2D eigenvalue weighted by Crippen LogP contribution is 2.35. The number of halogens is 1. The molecule has 1 N–H and O–H groups in total. The predicted octanol–water partition coefficient (Wildman–Crippen LogP) is 5.31. The zero-order valence-electron chi connectivity index (χ0n) is 18.8. The summed E-state index contributed by atoms with van der Waals surface area (Å²) in [5, 5.41) is 3.05. The molecule has 1 aliphatic rings. The zero-order valence-corrected chi connectivity index (χ0v) is 18.8. The first kappa shape index (κ1) is 21.2. The van der Waals surface area contributed by atoms with Crippen molar-refractivity contribution in [3.8, 4) is 5.75 Å². The van der Waals surface area contributed by atoms with Crippen molar-refractivity contribution in [2.75, 3.05) is 0 Å². The van der Waals surface area contributed by atoms with Crippen LogP contribution in [0.2, 0.25) is 0 Å². The van der Waals surface area contributed by atoms with Crippen LogP contribution in [0.4, 0.5) is 4.39 Å². The van der Waals surface area contributed by atoms with E-state index in [0.717, 1.165) is 46.3 Å². The molecule has 5 nitrogen and oxygen atoms in total. The number of aromatic nitrogens is 2. The molecular weight excluding hydrogens is 417 g/mol. The molecular formula is C27H26FN3O2. The summed E-state index contributed by atoms with van der Waals surface area (Å²) in [4.78, 5) is 17.8. The van der Waals surface area contributed by atoms with E-state index in [0.29, 0.717) is 17.9 Å². The second kappa shape index (κ2) is 8.70. The molecule has 0 bridgehead atoms. The SMILES string of the molecule is Cc1c(C)n(Cc2ccccc2)c2c(OCc3ccc(F)cc3)c(C(=O)NC3CC3)cnc12. The first-order chi connectivity index (χ1) is 16.0. The van der Waals surface area contributed by atoms with Crippen LogP contribution in [0.3, 0.4) is 0 Å². The maximum Gasteiger partial charge on any atom is 0.256 e. The monoisotopic (exact) mass is 443 g/mol. The van der Waals surface area contributed by atoms with Crippen molar-refractivity contribution in [2.45, 2.75) is 45.9 Å². The van der Waals surface area contributed by atoms with Gasteiger partial charge < -0.3 is 14.6 Å². The number of hydrogen-bond donors (Lipinski definition) is 1. The quantitative estimate of drug-likeness (QED) is 0.421. The van der Waals surface area contributed by atoms with Crippen LogP contribution >= 0.6 is 0 Å². The van der Waals surface area contributed by atoms with Crippen molar-refractivity contribution in [1.82, 2.24) is 14.9 Å². The normalized spacial score (nSPS) is 13.3. The highest BCUT2D eigenvalue weighted by atomic mass is 19.1. The molecule has 6 heteroatoms. The minimum atomic E-state index is -0.294. The van der Waals surface area contributed by atoms with E-state index in [-0.39, 0.29) is 24.4 Å². The summed E-state index contributed by atoms with van der Waals surface area (Å²) >= 11 is 0. The van der Waals surface area contributed by atoms with Crippen LogP contribution in [0.1, 0.15) is 45.6 Å². The molecule has 2 aromatic heterocycles. The summed E-state index contributed by atoms with van der Waals surface area (Å²) in [6.45, 7) is 4.96. The maximum atomic E-state index is 13.4. The fraction of sp³-hybridized carbons (Fsp3) is 0.259. The maximum absolute atomic E-state index is 13.4. The Balaban J connectivity index is 1.62. The van der Waals surface area contributed by atoms with E-state index >= 15 is 0 Å². The number of nitrogens with zero attached hydrogens (tertiary/aromatic N) is 2. The lowest BCUT2D eigenvalue weighted by Crippen LogP contribution is -2.26. The van der Waals surface area contributed by atoms with Gasteiger partial charge in [-0.05, 0) is 55.5 Å². The second-order valence-electron chi connectivity index (χ2n) is 8.64. The molecule has 1 aliphatic carbocycles. The summed E-state index contributed by atoms with van der Waals surface area (Å²) in [6.07, 6.45) is 3.60. The number of carbonyl (C=O) groups is 1. The lowest BCUT2D eigenvalue weighted by Gasteiger charge is -2.16. The molecule has 2 heterocycles. The molecule has 0 unspecified atom stereocenters. The van der Waals surface area contributed by atoms with Crippen LogP contribution in [0.5, 0.6) is 5.75 Å². The number of pyridine rings is 1. The van der Waals surface area contributed by atoms with Gasteiger partial charge in [-0.25, -0.2) is 4.39 Å². The van der Waals surface area contributed by atoms with Gasteiger partial charge in [0, 0.05) is 24.5 Å². The fourth-order valence-electron chi connectivity index (χ4n) is 4.05. The molecule has 2 aromatic carbocycles. The highest BCUT2D eigenvalue weighted by molar-refractivity contribution is 6.02. The molecule has 4 aromatic rings. The Morgan fingerprint density at radius 2 is 1.82 bits per heavy atom. The molecule has 1 fully saturated rings. The van der Waals surface area contributed by atoms with E-state index in [9.17, 15) is 9.18 Å². The van der Waals surface area contributed by atoms with Gasteiger partial charge in [0.2, 0.25) is 0 Å². The van der Waals surface area contributed by atoms with Gasteiger partial charge in [-0.15, -0.1) is 0 Å². The third kappa shape index (κ3) is 4.33. The Bertz CT molecular complexity index is 1310. The van der Waals surface area contributed by atoms with Crippen LogP contribution in [0.25, 0.3) is 11.0 Å². The minimum absolute atomic E-state index is 0.177. The molecule has 0 spiro atoms. The van der Waals surface area contributed by atoms with Gasteiger partial charge in [0.15, 0.2) is 5.75 Å². The number of aryl methyl sites for hydroxylation is 1. The number of benzene rings is 2. The lowest BCUT2D eigenvalue weighted by atomic mass is 10.1. The summed E-state index contributed by atoms with van der Waals surface area (Å²) in [5.74, 6) is 0.0379. The van der Waals surface area contributed by atoms with Crippen LogP contribution in [-0.4, -0.2) is 21.5 Å². The smallest absolute Gasteiger partial charge is 0.256 e. The number of nitrogens with one attached hydrogen (secondary N) is 1. The fourth-order valence-corrected chi connectivity index (χ4v) is 4.05. The molecule has 0 aliphatic heterocycles. The van der Waals surface area contributed by atoms with Crippen LogP contribution in [0, 0.1) is 19.7 Å². The van der Waals surface area contributed by atoms with Gasteiger partial charge in [-0.3, -0.25) is 9.78 Å². The summed E-state index contributed by atoms with van der Waals surface area (Å²) in [5.41, 5.74) is 6.15. The van der Waals surface area contributed by atoms with Crippen LogP contribution in [0.15, 0.2) is 60.8 Å². The van der Waals surface area contributed by atoms with Gasteiger partial charge >= 0.3 is 0 Å². The Labute approximate surface area is 192 Å². The zero-order chi connectivity index (χ0) is 22.9. The summed E-state index contributed by atoms with van der Waals surface area (Å²) in [7, 11) is 0. The molecule has 168 valence electrons. The van der Waals surface area contributed by atoms with Crippen molar-refractivity contribution >= 4 is 16.9 Å². The molecule has 1 saturated carbocycles. The van der Waals surface area contributed by atoms with Crippen LogP contribution in [-0.2, 0) is 13.2 Å². The van der Waals surface area contributed by atoms with Crippen LogP contribution < -0.4 is 10.1 Å². The van der Waals surface area contributed by atoms with E-state index in [2.05, 4.69) is 33.9 Å². The summed E-state index contributed by atoms with van der Waals surface area (Å²) in [6, 6.07) is 16.6. The van der Waals surface area contributed by atoms with E-state index in [4.69, 9.17) is 4.74 Å². The molecule has 0 atom stereocenters. The Hall–Kier alpha value is -3.67. The van der Waals surface area contributed by atoms with Gasteiger partial charge in [0.1, 0.15) is 23.5 Å². The average molecular weight is 444 g/mol. The lowest BCUT2D eigenvalue weighted by molar-refractivity contribution is 0.0946. The largest absolute Gasteiger partial charge is 0.486 e. The number of fused-ring (bicyclic) bond motifs is 1. The van der Waals surface area contributed by atoms with E-state index in [1.807, 2.05) is 25.1 Å². The van der Waals surface area contributed by atoms with Crippen molar-refractivity contribution in [3.05, 3.63) is 94.6 Å². The van der Waals surface area contributed by atoms with Crippen molar-refractivity contribution < 1.29 is 13.9 Å². The Morgan fingerprint density at radius 3 is 2.52 bits per heavy atom. The topological polar surface area (TPSA) is 56.1 Å². The number of ether oxygens (including phenoxy) is 1. The van der Waals surface area contributed by atoms with E-state index < -0.39 is 0 Å².